The number of carboxylic acids is 1. The van der Waals surface area contributed by atoms with Crippen LogP contribution >= 0.6 is 0 Å². The Hall–Kier alpha value is -0.610. The van der Waals surface area contributed by atoms with Gasteiger partial charge in [0.2, 0.25) is 0 Å². The smallest absolute Gasteiger partial charge is 0.336 e. The molecule has 0 spiro atoms. The normalized spacial score (nSPS) is 43.5. The highest BCUT2D eigenvalue weighted by molar-refractivity contribution is 5.78. The molecule has 2 fully saturated rings. The summed E-state index contributed by atoms with van der Waals surface area (Å²) in [7, 11) is 1.50. The highest BCUT2D eigenvalue weighted by Crippen LogP contribution is 2.36. The van der Waals surface area contributed by atoms with Crippen molar-refractivity contribution in [2.24, 2.45) is 0 Å². The van der Waals surface area contributed by atoms with Crippen LogP contribution in [0.3, 0.4) is 0 Å². The lowest BCUT2D eigenvalue weighted by Gasteiger charge is -2.36. The van der Waals surface area contributed by atoms with Gasteiger partial charge >= 0.3 is 5.97 Å². The Morgan fingerprint density at radius 2 is 2.00 bits per heavy atom. The van der Waals surface area contributed by atoms with Gasteiger partial charge in [-0.1, -0.05) is 0 Å². The van der Waals surface area contributed by atoms with E-state index < -0.39 is 11.6 Å². The number of hydrogen-bond donors (Lipinski definition) is 2. The number of piperidine rings is 1. The van der Waals surface area contributed by atoms with E-state index in [0.717, 1.165) is 12.8 Å². The van der Waals surface area contributed by atoms with Gasteiger partial charge in [0, 0.05) is 32.0 Å². The van der Waals surface area contributed by atoms with Crippen molar-refractivity contribution in [3.63, 3.8) is 0 Å². The minimum atomic E-state index is -0.920. The number of rotatable bonds is 2. The molecule has 1 unspecified atom stereocenters. The summed E-state index contributed by atoms with van der Waals surface area (Å²) in [4.78, 5) is 11.1. The van der Waals surface area contributed by atoms with Crippen LogP contribution in [-0.4, -0.2) is 35.9 Å². The number of ether oxygens (including phenoxy) is 1. The van der Waals surface area contributed by atoms with Gasteiger partial charge in [0.1, 0.15) is 0 Å². The zero-order valence-corrected chi connectivity index (χ0v) is 7.75. The standard InChI is InChI=1S/C9H15NO3/c1-13-9(8(11)12)4-6-2-3-7(5-9)10-6/h6-7,10H,2-5H2,1H3,(H,11,12)/t6-,7+,9?. The average molecular weight is 185 g/mol. The maximum absolute atomic E-state index is 11.1. The van der Waals surface area contributed by atoms with Gasteiger partial charge in [-0.15, -0.1) is 0 Å². The van der Waals surface area contributed by atoms with Crippen molar-refractivity contribution in [3.05, 3.63) is 0 Å². The van der Waals surface area contributed by atoms with Crippen LogP contribution in [0.1, 0.15) is 25.7 Å². The molecule has 2 aliphatic rings. The van der Waals surface area contributed by atoms with Gasteiger partial charge in [-0.25, -0.2) is 4.79 Å². The molecule has 0 radical (unpaired) electrons. The molecular formula is C9H15NO3. The summed E-state index contributed by atoms with van der Waals surface area (Å²) in [6, 6.07) is 0.685. The van der Waals surface area contributed by atoms with E-state index >= 15 is 0 Å². The molecule has 2 N–H and O–H groups in total. The first-order chi connectivity index (χ1) is 6.16. The second-order valence-corrected chi connectivity index (χ2v) is 4.05. The Balaban J connectivity index is 2.18. The molecule has 2 aliphatic heterocycles. The molecule has 0 aliphatic carbocycles. The molecule has 0 amide bonds. The Labute approximate surface area is 77.3 Å². The van der Waals surface area contributed by atoms with Crippen molar-refractivity contribution in [2.45, 2.75) is 43.4 Å². The molecule has 0 aromatic carbocycles. The first kappa shape index (κ1) is 8.97. The summed E-state index contributed by atoms with van der Waals surface area (Å²) < 4.78 is 5.18. The molecule has 13 heavy (non-hydrogen) atoms. The van der Waals surface area contributed by atoms with E-state index in [-0.39, 0.29) is 0 Å². The van der Waals surface area contributed by atoms with Crippen LogP contribution < -0.4 is 5.32 Å². The van der Waals surface area contributed by atoms with E-state index in [0.29, 0.717) is 24.9 Å². The van der Waals surface area contributed by atoms with Crippen LogP contribution in [0.5, 0.6) is 0 Å². The predicted molar refractivity (Wildman–Crippen MR) is 46.6 cm³/mol. The Morgan fingerprint density at radius 1 is 1.46 bits per heavy atom. The third kappa shape index (κ3) is 1.34. The zero-order chi connectivity index (χ0) is 9.47. The number of aliphatic carboxylic acids is 1. The fraction of sp³-hybridized carbons (Fsp3) is 0.889. The van der Waals surface area contributed by atoms with Gasteiger partial charge in [0.05, 0.1) is 0 Å². The lowest BCUT2D eigenvalue weighted by atomic mass is 9.87. The topological polar surface area (TPSA) is 58.6 Å². The van der Waals surface area contributed by atoms with Crippen molar-refractivity contribution < 1.29 is 14.6 Å². The highest BCUT2D eigenvalue weighted by atomic mass is 16.5. The molecule has 0 aromatic rings. The van der Waals surface area contributed by atoms with Gasteiger partial charge in [-0.2, -0.15) is 0 Å². The van der Waals surface area contributed by atoms with E-state index in [1.54, 1.807) is 0 Å². The number of carboxylic acid groups (broad SMARTS) is 1. The fourth-order valence-corrected chi connectivity index (χ4v) is 2.53. The van der Waals surface area contributed by atoms with Crippen LogP contribution in [0.4, 0.5) is 0 Å². The maximum atomic E-state index is 11.1. The SMILES string of the molecule is COC1(C(=O)O)C[C@H]2CC[C@@H](C1)N2. The first-order valence-corrected chi connectivity index (χ1v) is 4.71. The quantitative estimate of drug-likeness (QED) is 0.652. The molecule has 0 aromatic heterocycles. The number of fused-ring (bicyclic) bond motifs is 2. The van der Waals surface area contributed by atoms with E-state index in [2.05, 4.69) is 5.32 Å². The molecule has 3 atom stereocenters. The van der Waals surface area contributed by atoms with Gasteiger partial charge in [-0.05, 0) is 12.8 Å². The monoisotopic (exact) mass is 185 g/mol. The van der Waals surface area contributed by atoms with Crippen LogP contribution in [0.15, 0.2) is 0 Å². The number of methoxy groups -OCH3 is 1. The van der Waals surface area contributed by atoms with Gasteiger partial charge in [-0.3, -0.25) is 0 Å². The van der Waals surface area contributed by atoms with Crippen LogP contribution in [-0.2, 0) is 9.53 Å². The largest absolute Gasteiger partial charge is 0.479 e. The number of hydrogen-bond acceptors (Lipinski definition) is 3. The molecule has 2 bridgehead atoms. The van der Waals surface area contributed by atoms with Crippen LogP contribution in [0, 0.1) is 0 Å². The fourth-order valence-electron chi connectivity index (χ4n) is 2.53. The summed E-state index contributed by atoms with van der Waals surface area (Å²) in [5.41, 5.74) is -0.920. The van der Waals surface area contributed by atoms with Crippen molar-refractivity contribution in [1.82, 2.24) is 5.32 Å². The van der Waals surface area contributed by atoms with E-state index in [1.807, 2.05) is 0 Å². The minimum Gasteiger partial charge on any atom is -0.479 e. The van der Waals surface area contributed by atoms with Crippen LogP contribution in [0.25, 0.3) is 0 Å². The Bertz CT molecular complexity index is 217. The lowest BCUT2D eigenvalue weighted by Crippen LogP contribution is -2.53. The molecule has 4 nitrogen and oxygen atoms in total. The highest BCUT2D eigenvalue weighted by Gasteiger charge is 2.49. The van der Waals surface area contributed by atoms with E-state index in [1.165, 1.54) is 7.11 Å². The number of nitrogens with one attached hydrogen (secondary N) is 1. The number of carbonyl (C=O) groups is 1. The molecule has 4 heteroatoms. The van der Waals surface area contributed by atoms with Gasteiger partial charge in [0.25, 0.3) is 0 Å². The average Bonchev–Trinajstić information content (AvgIpc) is 2.45. The lowest BCUT2D eigenvalue weighted by molar-refractivity contribution is -0.167. The first-order valence-electron chi connectivity index (χ1n) is 4.71. The zero-order valence-electron chi connectivity index (χ0n) is 7.75. The molecule has 2 saturated heterocycles. The summed E-state index contributed by atoms with van der Waals surface area (Å²) >= 11 is 0. The second kappa shape index (κ2) is 2.96. The Morgan fingerprint density at radius 3 is 2.38 bits per heavy atom. The van der Waals surface area contributed by atoms with Gasteiger partial charge < -0.3 is 15.2 Å². The molecule has 2 rings (SSSR count). The summed E-state index contributed by atoms with van der Waals surface area (Å²) in [5, 5.41) is 12.5. The minimum absolute atomic E-state index is 0.342. The van der Waals surface area contributed by atoms with Crippen molar-refractivity contribution in [2.75, 3.05) is 7.11 Å². The summed E-state index contributed by atoms with van der Waals surface area (Å²) in [6.45, 7) is 0. The molecule has 0 saturated carbocycles. The summed E-state index contributed by atoms with van der Waals surface area (Å²) in [6.07, 6.45) is 3.39. The van der Waals surface area contributed by atoms with Crippen LogP contribution in [0.2, 0.25) is 0 Å². The van der Waals surface area contributed by atoms with Crippen molar-refractivity contribution in [3.8, 4) is 0 Å². The second-order valence-electron chi connectivity index (χ2n) is 4.05. The third-order valence-corrected chi connectivity index (χ3v) is 3.27. The molecule has 74 valence electrons. The predicted octanol–water partition coefficient (Wildman–Crippen LogP) is 0.371. The summed E-state index contributed by atoms with van der Waals surface area (Å²) in [5.74, 6) is -0.812. The van der Waals surface area contributed by atoms with E-state index in [9.17, 15) is 4.79 Å². The molecular weight excluding hydrogens is 170 g/mol. The maximum Gasteiger partial charge on any atom is 0.336 e. The van der Waals surface area contributed by atoms with Crippen molar-refractivity contribution >= 4 is 5.97 Å². The third-order valence-electron chi connectivity index (χ3n) is 3.27. The van der Waals surface area contributed by atoms with E-state index in [4.69, 9.17) is 9.84 Å². The van der Waals surface area contributed by atoms with Crippen molar-refractivity contribution in [1.29, 1.82) is 0 Å². The van der Waals surface area contributed by atoms with Gasteiger partial charge in [0.15, 0.2) is 5.60 Å². The Kier molecular flexibility index (Phi) is 2.04. The molecule has 2 heterocycles.